The number of hydrogen-bond donors (Lipinski definition) is 3. The Morgan fingerprint density at radius 2 is 1.86 bits per heavy atom. The maximum Gasteiger partial charge on any atom is 0.209 e. The Morgan fingerprint density at radius 1 is 1.18 bits per heavy atom. The van der Waals surface area contributed by atoms with Gasteiger partial charge in [0, 0.05) is 31.8 Å². The van der Waals surface area contributed by atoms with Crippen LogP contribution in [0.2, 0.25) is 0 Å². The predicted molar refractivity (Wildman–Crippen MR) is 113 cm³/mol. The van der Waals surface area contributed by atoms with Gasteiger partial charge in [0.2, 0.25) is 10.0 Å². The van der Waals surface area contributed by atoms with Crippen molar-refractivity contribution in [3.05, 3.63) is 29.8 Å². The number of benzene rings is 1. The molecule has 28 heavy (non-hydrogen) atoms. The lowest BCUT2D eigenvalue weighted by molar-refractivity contribution is 0.145. The van der Waals surface area contributed by atoms with Crippen molar-refractivity contribution in [2.24, 2.45) is 4.99 Å². The van der Waals surface area contributed by atoms with E-state index in [4.69, 9.17) is 9.47 Å². The molecule has 160 valence electrons. The van der Waals surface area contributed by atoms with Crippen LogP contribution in [0.1, 0.15) is 32.8 Å². The van der Waals surface area contributed by atoms with Gasteiger partial charge in [-0.05, 0) is 44.9 Å². The van der Waals surface area contributed by atoms with Crippen LogP contribution in [-0.4, -0.2) is 59.6 Å². The van der Waals surface area contributed by atoms with Crippen molar-refractivity contribution in [1.29, 1.82) is 0 Å². The molecule has 0 saturated carbocycles. The quantitative estimate of drug-likeness (QED) is 0.272. The summed E-state index contributed by atoms with van der Waals surface area (Å²) in [7, 11) is -1.66. The monoisotopic (exact) mass is 414 g/mol. The van der Waals surface area contributed by atoms with Gasteiger partial charge in [-0.15, -0.1) is 0 Å². The molecule has 0 radical (unpaired) electrons. The molecule has 1 aromatic carbocycles. The van der Waals surface area contributed by atoms with Crippen molar-refractivity contribution >= 4 is 16.0 Å². The largest absolute Gasteiger partial charge is 0.497 e. The van der Waals surface area contributed by atoms with Crippen molar-refractivity contribution in [3.8, 4) is 5.75 Å². The van der Waals surface area contributed by atoms with Crippen LogP contribution in [0.5, 0.6) is 5.75 Å². The van der Waals surface area contributed by atoms with Crippen LogP contribution in [0.25, 0.3) is 0 Å². The van der Waals surface area contributed by atoms with Crippen LogP contribution >= 0.6 is 0 Å². The van der Waals surface area contributed by atoms with Gasteiger partial charge in [0.25, 0.3) is 0 Å². The van der Waals surface area contributed by atoms with E-state index < -0.39 is 15.6 Å². The Bertz CT molecular complexity index is 703. The fourth-order valence-electron chi connectivity index (χ4n) is 2.44. The molecule has 1 rings (SSSR count). The summed E-state index contributed by atoms with van der Waals surface area (Å²) in [5, 5.41) is 6.48. The van der Waals surface area contributed by atoms with Crippen LogP contribution < -0.4 is 20.1 Å². The molecular formula is C19H34N4O4S. The van der Waals surface area contributed by atoms with E-state index in [0.717, 1.165) is 24.0 Å². The third-order valence-electron chi connectivity index (χ3n) is 3.70. The number of rotatable bonds is 12. The Hall–Kier alpha value is -1.84. The van der Waals surface area contributed by atoms with Gasteiger partial charge in [0.1, 0.15) is 5.75 Å². The second-order valence-corrected chi connectivity index (χ2v) is 8.85. The molecule has 1 aromatic rings. The highest BCUT2D eigenvalue weighted by Crippen LogP contribution is 2.11. The Morgan fingerprint density at radius 3 is 2.43 bits per heavy atom. The molecular weight excluding hydrogens is 380 g/mol. The summed E-state index contributed by atoms with van der Waals surface area (Å²) >= 11 is 0. The van der Waals surface area contributed by atoms with Gasteiger partial charge < -0.3 is 20.1 Å². The number of hydrogen-bond acceptors (Lipinski definition) is 5. The normalized spacial score (nSPS) is 12.7. The molecule has 0 aromatic heterocycles. The Labute approximate surface area is 169 Å². The minimum Gasteiger partial charge on any atom is -0.497 e. The first-order valence-electron chi connectivity index (χ1n) is 9.37. The molecule has 0 amide bonds. The van der Waals surface area contributed by atoms with E-state index in [-0.39, 0.29) is 0 Å². The Balaban J connectivity index is 2.70. The van der Waals surface area contributed by atoms with Crippen LogP contribution in [0.3, 0.4) is 0 Å². The second-order valence-electron chi connectivity index (χ2n) is 7.10. The smallest absolute Gasteiger partial charge is 0.209 e. The molecule has 9 heteroatoms. The van der Waals surface area contributed by atoms with Gasteiger partial charge in [0.15, 0.2) is 5.96 Å². The third-order valence-corrected chi connectivity index (χ3v) is 4.62. The van der Waals surface area contributed by atoms with E-state index in [1.807, 2.05) is 45.0 Å². The van der Waals surface area contributed by atoms with Gasteiger partial charge in [-0.2, -0.15) is 0 Å². The predicted octanol–water partition coefficient (Wildman–Crippen LogP) is 1.48. The van der Waals surface area contributed by atoms with Crippen molar-refractivity contribution in [2.45, 2.75) is 39.3 Å². The van der Waals surface area contributed by atoms with Gasteiger partial charge >= 0.3 is 0 Å². The molecule has 0 heterocycles. The first-order chi connectivity index (χ1) is 13.1. The van der Waals surface area contributed by atoms with Crippen LogP contribution in [-0.2, 0) is 21.3 Å². The summed E-state index contributed by atoms with van der Waals surface area (Å²) in [6.07, 6.45) is 2.00. The summed E-state index contributed by atoms with van der Waals surface area (Å²) in [6, 6.07) is 7.72. The molecule has 0 aliphatic rings. The number of sulfonamides is 1. The van der Waals surface area contributed by atoms with Gasteiger partial charge in [0.05, 0.1) is 19.9 Å². The highest BCUT2D eigenvalue weighted by molar-refractivity contribution is 7.88. The molecule has 3 N–H and O–H groups in total. The van der Waals surface area contributed by atoms with Gasteiger partial charge in [-0.3, -0.25) is 0 Å². The third kappa shape index (κ3) is 11.1. The minimum atomic E-state index is -3.30. The van der Waals surface area contributed by atoms with Crippen molar-refractivity contribution in [3.63, 3.8) is 0 Å². The summed E-state index contributed by atoms with van der Waals surface area (Å²) in [5.74, 6) is 1.42. The lowest BCUT2D eigenvalue weighted by atomic mass is 10.1. The van der Waals surface area contributed by atoms with E-state index in [1.165, 1.54) is 0 Å². The summed E-state index contributed by atoms with van der Waals surface area (Å²) in [6.45, 7) is 8.56. The number of guanidine groups is 1. The summed E-state index contributed by atoms with van der Waals surface area (Å²) in [5.41, 5.74) is 0.395. The van der Waals surface area contributed by atoms with E-state index >= 15 is 0 Å². The van der Waals surface area contributed by atoms with E-state index in [0.29, 0.717) is 38.8 Å². The molecule has 0 bridgehead atoms. The lowest BCUT2D eigenvalue weighted by Crippen LogP contribution is -2.53. The molecule has 0 fully saturated rings. The average molecular weight is 415 g/mol. The van der Waals surface area contributed by atoms with Crippen LogP contribution in [0.15, 0.2) is 29.3 Å². The molecule has 0 unspecified atom stereocenters. The maximum atomic E-state index is 11.5. The number of methoxy groups -OCH3 is 1. The Kier molecular flexibility index (Phi) is 10.3. The van der Waals surface area contributed by atoms with E-state index in [2.05, 4.69) is 20.3 Å². The van der Waals surface area contributed by atoms with Crippen LogP contribution in [0.4, 0.5) is 0 Å². The maximum absolute atomic E-state index is 11.5. The van der Waals surface area contributed by atoms with Gasteiger partial charge in [-0.1, -0.05) is 12.1 Å². The first-order valence-corrected chi connectivity index (χ1v) is 11.3. The fraction of sp³-hybridized carbons (Fsp3) is 0.632. The molecule has 0 spiro atoms. The number of nitrogens with one attached hydrogen (secondary N) is 3. The fourth-order valence-corrected chi connectivity index (χ4v) is 3.52. The minimum absolute atomic E-state index is 0.389. The van der Waals surface area contributed by atoms with E-state index in [1.54, 1.807) is 7.11 Å². The highest BCUT2D eigenvalue weighted by atomic mass is 32.2. The van der Waals surface area contributed by atoms with Crippen LogP contribution in [0, 0.1) is 0 Å². The van der Waals surface area contributed by atoms with Crippen molar-refractivity contribution in [1.82, 2.24) is 15.4 Å². The zero-order valence-electron chi connectivity index (χ0n) is 17.5. The first kappa shape index (κ1) is 24.2. The van der Waals surface area contributed by atoms with Gasteiger partial charge in [-0.25, -0.2) is 18.1 Å². The molecule has 0 atom stereocenters. The zero-order chi connectivity index (χ0) is 21.0. The van der Waals surface area contributed by atoms with E-state index in [9.17, 15) is 8.42 Å². The lowest BCUT2D eigenvalue weighted by Gasteiger charge is -2.26. The molecule has 0 saturated heterocycles. The molecule has 8 nitrogen and oxygen atoms in total. The second kappa shape index (κ2) is 11.9. The topological polar surface area (TPSA) is 101 Å². The standard InChI is InChI=1S/C19H34N4O4S/c1-6-27-13-7-12-20-18(22-15-19(2,3)23-28(5,24)25)21-14-16-8-10-17(26-4)11-9-16/h8-11,23H,6-7,12-15H2,1-5H3,(H2,20,21,22). The van der Waals surface area contributed by atoms with Crippen molar-refractivity contribution < 1.29 is 17.9 Å². The summed E-state index contributed by atoms with van der Waals surface area (Å²) in [4.78, 5) is 4.60. The summed E-state index contributed by atoms with van der Waals surface area (Å²) < 4.78 is 36.2. The number of ether oxygens (including phenoxy) is 2. The molecule has 0 aliphatic carbocycles. The zero-order valence-corrected chi connectivity index (χ0v) is 18.4. The highest BCUT2D eigenvalue weighted by Gasteiger charge is 2.22. The molecule has 0 aliphatic heterocycles. The number of aliphatic imine (C=N–C) groups is 1. The average Bonchev–Trinajstić information content (AvgIpc) is 2.61. The SMILES string of the molecule is CCOCCCNC(=NCc1ccc(OC)cc1)NCC(C)(C)NS(C)(=O)=O. The van der Waals surface area contributed by atoms with Crippen molar-refractivity contribution in [2.75, 3.05) is 39.7 Å². The number of nitrogens with zero attached hydrogens (tertiary/aromatic N) is 1.